The van der Waals surface area contributed by atoms with Gasteiger partial charge < -0.3 is 29.1 Å². The van der Waals surface area contributed by atoms with Crippen molar-refractivity contribution in [2.75, 3.05) is 31.8 Å². The molecule has 2 aromatic rings. The number of anilines is 1. The van der Waals surface area contributed by atoms with Gasteiger partial charge in [-0.1, -0.05) is 49.1 Å². The van der Waals surface area contributed by atoms with Gasteiger partial charge in [-0.2, -0.15) is 0 Å². The Balaban J connectivity index is 1.61. The summed E-state index contributed by atoms with van der Waals surface area (Å²) in [5.41, 5.74) is -0.739. The first kappa shape index (κ1) is 29.5. The summed E-state index contributed by atoms with van der Waals surface area (Å²) < 4.78 is 17.5. The maximum Gasteiger partial charge on any atom is 0.313 e. The van der Waals surface area contributed by atoms with Crippen molar-refractivity contribution >= 4 is 23.5 Å². The zero-order valence-corrected chi connectivity index (χ0v) is 24.1. The van der Waals surface area contributed by atoms with Gasteiger partial charge >= 0.3 is 5.97 Å². The number of benzene rings is 2. The van der Waals surface area contributed by atoms with Crippen LogP contribution in [0.15, 0.2) is 79.9 Å². The summed E-state index contributed by atoms with van der Waals surface area (Å²) in [6, 6.07) is 14.7. The van der Waals surface area contributed by atoms with Crippen molar-refractivity contribution < 1.29 is 33.7 Å². The summed E-state index contributed by atoms with van der Waals surface area (Å²) in [6.45, 7) is 9.10. The Labute approximate surface area is 246 Å². The topological polar surface area (TPSA) is 106 Å². The standard InChI is InChI=1S/C33H38N2O7/c1-5-18-34(23-12-14-25(40-4)15-13-23)30(38)28-33-17-16-32(3,42-33)27(31(39)41-19-6-2)26(33)29(37)35(28)24(21-36)20-22-10-8-7-9-11-22/h5-15,24,26-28,36H,1-2,16-21H2,3-4H3/t24-,26+,27+,28?,32-,33?/m1/s1. The molecule has 2 unspecified atom stereocenters. The summed E-state index contributed by atoms with van der Waals surface area (Å²) in [7, 11) is 1.57. The highest BCUT2D eigenvalue weighted by Gasteiger charge is 2.79. The third kappa shape index (κ3) is 4.80. The van der Waals surface area contributed by atoms with E-state index in [0.717, 1.165) is 5.56 Å². The van der Waals surface area contributed by atoms with Gasteiger partial charge in [0, 0.05) is 12.2 Å². The third-order valence-electron chi connectivity index (χ3n) is 8.93. The minimum Gasteiger partial charge on any atom is -0.497 e. The summed E-state index contributed by atoms with van der Waals surface area (Å²) >= 11 is 0. The zero-order valence-electron chi connectivity index (χ0n) is 24.1. The second kappa shape index (κ2) is 11.7. The fraction of sp³-hybridized carbons (Fsp3) is 0.424. The first-order valence-electron chi connectivity index (χ1n) is 14.3. The van der Waals surface area contributed by atoms with E-state index in [2.05, 4.69) is 13.2 Å². The van der Waals surface area contributed by atoms with Crippen molar-refractivity contribution in [1.29, 1.82) is 0 Å². The van der Waals surface area contributed by atoms with E-state index in [-0.39, 0.29) is 31.6 Å². The molecule has 42 heavy (non-hydrogen) atoms. The molecule has 5 rings (SSSR count). The lowest BCUT2D eigenvalue weighted by Gasteiger charge is -2.39. The molecule has 9 heteroatoms. The van der Waals surface area contributed by atoms with Crippen molar-refractivity contribution in [1.82, 2.24) is 4.90 Å². The van der Waals surface area contributed by atoms with Gasteiger partial charge in [0.25, 0.3) is 5.91 Å². The van der Waals surface area contributed by atoms with Gasteiger partial charge in [0.1, 0.15) is 29.9 Å². The molecule has 3 aliphatic heterocycles. The molecule has 3 aliphatic rings. The molecule has 0 saturated carbocycles. The molecule has 222 valence electrons. The number of ether oxygens (including phenoxy) is 3. The number of aliphatic hydroxyl groups excluding tert-OH is 1. The fourth-order valence-electron chi connectivity index (χ4n) is 7.12. The number of hydrogen-bond acceptors (Lipinski definition) is 7. The molecule has 9 nitrogen and oxygen atoms in total. The quantitative estimate of drug-likeness (QED) is 0.306. The number of methoxy groups -OCH3 is 1. The Morgan fingerprint density at radius 3 is 2.48 bits per heavy atom. The van der Waals surface area contributed by atoms with Crippen molar-refractivity contribution in [2.24, 2.45) is 11.8 Å². The number of hydrogen-bond donors (Lipinski definition) is 1. The lowest BCUT2D eigenvalue weighted by molar-refractivity contribution is -0.159. The molecule has 0 aromatic heterocycles. The monoisotopic (exact) mass is 574 g/mol. The van der Waals surface area contributed by atoms with Crippen LogP contribution in [-0.4, -0.2) is 77.9 Å². The molecule has 0 radical (unpaired) electrons. The Hall–Kier alpha value is -3.95. The molecule has 0 aliphatic carbocycles. The fourth-order valence-corrected chi connectivity index (χ4v) is 7.12. The molecule has 2 aromatic carbocycles. The Kier molecular flexibility index (Phi) is 8.25. The first-order chi connectivity index (χ1) is 20.2. The average molecular weight is 575 g/mol. The molecule has 3 saturated heterocycles. The molecule has 3 fully saturated rings. The van der Waals surface area contributed by atoms with Crippen LogP contribution in [0.2, 0.25) is 0 Å². The van der Waals surface area contributed by atoms with Crippen molar-refractivity contribution in [3.63, 3.8) is 0 Å². The normalized spacial score (nSPS) is 28.2. The summed E-state index contributed by atoms with van der Waals surface area (Å²) in [5.74, 6) is -2.51. The van der Waals surface area contributed by atoms with Gasteiger partial charge in [0.2, 0.25) is 5.91 Å². The van der Waals surface area contributed by atoms with Gasteiger partial charge in [-0.05, 0) is 56.0 Å². The molecule has 6 atom stereocenters. The van der Waals surface area contributed by atoms with Gasteiger partial charge in [0.15, 0.2) is 0 Å². The van der Waals surface area contributed by atoms with E-state index in [1.165, 1.54) is 11.0 Å². The highest BCUT2D eigenvalue weighted by molar-refractivity contribution is 6.05. The van der Waals surface area contributed by atoms with Gasteiger partial charge in [-0.15, -0.1) is 6.58 Å². The summed E-state index contributed by atoms with van der Waals surface area (Å²) in [6.07, 6.45) is 4.31. The number of rotatable bonds is 12. The van der Waals surface area contributed by atoms with E-state index in [1.807, 2.05) is 37.3 Å². The maximum absolute atomic E-state index is 14.8. The number of nitrogens with zero attached hydrogens (tertiary/aromatic N) is 2. The van der Waals surface area contributed by atoms with E-state index in [0.29, 0.717) is 30.7 Å². The molecule has 1 spiro atoms. The number of carbonyl (C=O) groups is 3. The van der Waals surface area contributed by atoms with Crippen LogP contribution >= 0.6 is 0 Å². The van der Waals surface area contributed by atoms with Crippen molar-refractivity contribution in [2.45, 2.75) is 49.5 Å². The van der Waals surface area contributed by atoms with Gasteiger partial charge in [-0.3, -0.25) is 14.4 Å². The van der Waals surface area contributed by atoms with Crippen LogP contribution in [0, 0.1) is 11.8 Å². The second-order valence-electron chi connectivity index (χ2n) is 11.4. The molecule has 2 amide bonds. The van der Waals surface area contributed by atoms with E-state index >= 15 is 0 Å². The average Bonchev–Trinajstić information content (AvgIpc) is 3.58. The van der Waals surface area contributed by atoms with Crippen LogP contribution in [0.3, 0.4) is 0 Å². The molecular weight excluding hydrogens is 536 g/mol. The number of likely N-dealkylation sites (tertiary alicyclic amines) is 1. The largest absolute Gasteiger partial charge is 0.497 e. The Morgan fingerprint density at radius 1 is 1.14 bits per heavy atom. The van der Waals surface area contributed by atoms with Crippen molar-refractivity contribution in [3.05, 3.63) is 85.5 Å². The lowest BCUT2D eigenvalue weighted by atomic mass is 9.66. The SMILES string of the molecule is C=CCOC(=O)[C@@H]1[C@H]2C(=O)N([C@@H](CO)Cc3ccccc3)C(C(=O)N(CC=C)c3ccc(OC)cc3)C23CC[C@@]1(C)O3. The number of amides is 2. The molecule has 2 bridgehead atoms. The van der Waals surface area contributed by atoms with Crippen LogP contribution in [0.25, 0.3) is 0 Å². The second-order valence-corrected chi connectivity index (χ2v) is 11.4. The highest BCUT2D eigenvalue weighted by Crippen LogP contribution is 2.63. The minimum atomic E-state index is -1.27. The van der Waals surface area contributed by atoms with E-state index in [4.69, 9.17) is 14.2 Å². The van der Waals surface area contributed by atoms with Crippen LogP contribution in [0.4, 0.5) is 5.69 Å². The van der Waals surface area contributed by atoms with Gasteiger partial charge in [-0.25, -0.2) is 0 Å². The summed E-state index contributed by atoms with van der Waals surface area (Å²) in [5, 5.41) is 10.7. The Bertz CT molecular complexity index is 1350. The maximum atomic E-state index is 14.8. The van der Waals surface area contributed by atoms with Crippen LogP contribution in [0.5, 0.6) is 5.75 Å². The Morgan fingerprint density at radius 2 is 1.86 bits per heavy atom. The van der Waals surface area contributed by atoms with E-state index in [1.54, 1.807) is 42.4 Å². The predicted molar refractivity (Wildman–Crippen MR) is 157 cm³/mol. The smallest absolute Gasteiger partial charge is 0.313 e. The number of aliphatic hydroxyl groups is 1. The lowest BCUT2D eigenvalue weighted by Crippen LogP contribution is -2.59. The molecule has 3 heterocycles. The van der Waals surface area contributed by atoms with E-state index in [9.17, 15) is 19.5 Å². The zero-order chi connectivity index (χ0) is 30.1. The molecule has 1 N–H and O–H groups in total. The van der Waals surface area contributed by atoms with Crippen molar-refractivity contribution in [3.8, 4) is 5.75 Å². The minimum absolute atomic E-state index is 0.00323. The molecular formula is C33H38N2O7. The number of esters is 1. The van der Waals surface area contributed by atoms with Crippen LogP contribution in [0.1, 0.15) is 25.3 Å². The highest BCUT2D eigenvalue weighted by atomic mass is 16.6. The first-order valence-corrected chi connectivity index (χ1v) is 14.3. The third-order valence-corrected chi connectivity index (χ3v) is 8.93. The summed E-state index contributed by atoms with van der Waals surface area (Å²) in [4.78, 5) is 45.7. The predicted octanol–water partition coefficient (Wildman–Crippen LogP) is 3.31. The number of carbonyl (C=O) groups excluding carboxylic acids is 3. The van der Waals surface area contributed by atoms with Crippen LogP contribution < -0.4 is 9.64 Å². The van der Waals surface area contributed by atoms with Crippen LogP contribution in [-0.2, 0) is 30.3 Å². The van der Waals surface area contributed by atoms with E-state index < -0.39 is 41.1 Å². The number of fused-ring (bicyclic) bond motifs is 1. The van der Waals surface area contributed by atoms with Gasteiger partial charge in [0.05, 0.1) is 31.3 Å².